The van der Waals surface area contributed by atoms with Crippen LogP contribution in [0, 0.1) is 11.8 Å². The molecule has 3 rings (SSSR count). The first-order chi connectivity index (χ1) is 16.5. The largest absolute Gasteiger partial charge is 0.416 e. The van der Waals surface area contributed by atoms with E-state index in [1.165, 1.54) is 28.4 Å². The first-order valence-corrected chi connectivity index (χ1v) is 12.5. The molecule has 1 aliphatic rings. The van der Waals surface area contributed by atoms with Crippen molar-refractivity contribution >= 4 is 29.1 Å². The fourth-order valence-corrected chi connectivity index (χ4v) is 4.57. The predicted octanol–water partition coefficient (Wildman–Crippen LogP) is 4.58. The summed E-state index contributed by atoms with van der Waals surface area (Å²) in [4.78, 5) is 40.7. The summed E-state index contributed by atoms with van der Waals surface area (Å²) in [5.41, 5.74) is -0.894. The van der Waals surface area contributed by atoms with Gasteiger partial charge in [0.2, 0.25) is 5.91 Å². The van der Waals surface area contributed by atoms with E-state index in [-0.39, 0.29) is 48.3 Å². The van der Waals surface area contributed by atoms with Gasteiger partial charge < -0.3 is 15.5 Å². The second-order valence-electron chi connectivity index (χ2n) is 9.18. The lowest BCUT2D eigenvalue weighted by Gasteiger charge is -2.36. The Morgan fingerprint density at radius 1 is 1.03 bits per heavy atom. The number of thiophene rings is 1. The lowest BCUT2D eigenvalue weighted by molar-refractivity contribution is -0.137. The van der Waals surface area contributed by atoms with Crippen molar-refractivity contribution in [3.63, 3.8) is 0 Å². The molecule has 1 aromatic heterocycles. The van der Waals surface area contributed by atoms with E-state index in [0.717, 1.165) is 12.1 Å². The number of alkyl halides is 3. The van der Waals surface area contributed by atoms with Gasteiger partial charge in [-0.25, -0.2) is 0 Å². The van der Waals surface area contributed by atoms with E-state index < -0.39 is 23.7 Å². The maximum atomic E-state index is 13.1. The highest BCUT2D eigenvalue weighted by atomic mass is 32.1. The summed E-state index contributed by atoms with van der Waals surface area (Å²) in [6.45, 7) is 6.43. The van der Waals surface area contributed by atoms with E-state index in [1.807, 2.05) is 20.8 Å². The van der Waals surface area contributed by atoms with Crippen LogP contribution in [0.2, 0.25) is 0 Å². The molecule has 2 atom stereocenters. The fourth-order valence-electron chi connectivity index (χ4n) is 3.95. The van der Waals surface area contributed by atoms with Crippen LogP contribution >= 0.6 is 11.3 Å². The maximum Gasteiger partial charge on any atom is 0.416 e. The van der Waals surface area contributed by atoms with E-state index >= 15 is 0 Å². The molecule has 0 spiro atoms. The molecule has 2 unspecified atom stereocenters. The van der Waals surface area contributed by atoms with E-state index in [4.69, 9.17) is 0 Å². The summed E-state index contributed by atoms with van der Waals surface area (Å²) in [5.74, 6) is -1.10. The molecule has 190 valence electrons. The van der Waals surface area contributed by atoms with E-state index in [2.05, 4.69) is 10.6 Å². The van der Waals surface area contributed by atoms with E-state index in [1.54, 1.807) is 17.5 Å². The number of nitrogens with zero attached hydrogens (tertiary/aromatic N) is 1. The molecular weight excluding hydrogens is 479 g/mol. The Kier molecular flexibility index (Phi) is 8.58. The minimum atomic E-state index is -4.53. The average molecular weight is 510 g/mol. The summed E-state index contributed by atoms with van der Waals surface area (Å²) in [6.07, 6.45) is -3.66. The van der Waals surface area contributed by atoms with Gasteiger partial charge in [0.15, 0.2) is 0 Å². The number of hydrogen-bond donors (Lipinski definition) is 2. The number of hydrogen-bond acceptors (Lipinski definition) is 4. The predicted molar refractivity (Wildman–Crippen MR) is 128 cm³/mol. The van der Waals surface area contributed by atoms with E-state index in [0.29, 0.717) is 17.7 Å². The molecule has 6 nitrogen and oxygen atoms in total. The Labute approximate surface area is 206 Å². The Morgan fingerprint density at radius 2 is 1.71 bits per heavy atom. The lowest BCUT2D eigenvalue weighted by atomic mass is 9.88. The van der Waals surface area contributed by atoms with Crippen molar-refractivity contribution in [1.29, 1.82) is 0 Å². The molecule has 2 aromatic rings. The number of nitrogens with one attached hydrogen (secondary N) is 2. The molecule has 1 saturated heterocycles. The van der Waals surface area contributed by atoms with Crippen LogP contribution in [0.1, 0.15) is 59.2 Å². The molecule has 0 radical (unpaired) electrons. The normalized spacial score (nSPS) is 16.6. The van der Waals surface area contributed by atoms with Crippen LogP contribution in [-0.2, 0) is 11.0 Å². The molecule has 1 aliphatic heterocycles. The van der Waals surface area contributed by atoms with Crippen molar-refractivity contribution in [1.82, 2.24) is 15.5 Å². The summed E-state index contributed by atoms with van der Waals surface area (Å²) < 4.78 is 39.1. The molecule has 2 N–H and O–H groups in total. The SMILES string of the molecule is CC(C)C(C)NC(=O)C(NC(=O)c1cccs1)C1CCN(C(=O)c2cccc(C(F)(F)F)c2)CC1. The van der Waals surface area contributed by atoms with Crippen LogP contribution in [-0.4, -0.2) is 47.8 Å². The Morgan fingerprint density at radius 3 is 2.29 bits per heavy atom. The Balaban J connectivity index is 1.70. The third-order valence-corrected chi connectivity index (χ3v) is 7.29. The number of carbonyl (C=O) groups is 3. The van der Waals surface area contributed by atoms with Crippen LogP contribution in [0.4, 0.5) is 13.2 Å². The summed E-state index contributed by atoms with van der Waals surface area (Å²) >= 11 is 1.28. The summed E-state index contributed by atoms with van der Waals surface area (Å²) in [5, 5.41) is 7.61. The molecule has 35 heavy (non-hydrogen) atoms. The topological polar surface area (TPSA) is 78.5 Å². The molecule has 2 heterocycles. The molecule has 10 heteroatoms. The number of amides is 3. The molecule has 3 amide bonds. The van der Waals surface area contributed by atoms with Gasteiger partial charge in [0.1, 0.15) is 6.04 Å². The second kappa shape index (κ2) is 11.2. The third kappa shape index (κ3) is 6.84. The number of piperidine rings is 1. The summed E-state index contributed by atoms with van der Waals surface area (Å²) in [6, 6.07) is 6.95. The second-order valence-corrected chi connectivity index (χ2v) is 10.1. The van der Waals surface area contributed by atoms with Gasteiger partial charge in [0, 0.05) is 24.7 Å². The van der Waals surface area contributed by atoms with Crippen LogP contribution in [0.5, 0.6) is 0 Å². The highest BCUT2D eigenvalue weighted by Crippen LogP contribution is 2.30. The average Bonchev–Trinajstić information content (AvgIpc) is 3.36. The molecule has 0 bridgehead atoms. The fraction of sp³-hybridized carbons (Fsp3) is 0.480. The zero-order valence-electron chi connectivity index (χ0n) is 19.9. The van der Waals surface area contributed by atoms with Gasteiger partial charge >= 0.3 is 6.18 Å². The summed E-state index contributed by atoms with van der Waals surface area (Å²) in [7, 11) is 0. The number of benzene rings is 1. The van der Waals surface area contributed by atoms with E-state index in [9.17, 15) is 27.6 Å². The van der Waals surface area contributed by atoms with Crippen molar-refractivity contribution in [3.05, 3.63) is 57.8 Å². The van der Waals surface area contributed by atoms with Crippen molar-refractivity contribution in [2.45, 2.75) is 51.9 Å². The first kappa shape index (κ1) is 26.7. The zero-order valence-corrected chi connectivity index (χ0v) is 20.7. The number of carbonyl (C=O) groups excluding carboxylic acids is 3. The highest BCUT2D eigenvalue weighted by Gasteiger charge is 2.36. The standard InChI is InChI=1S/C25H30F3N3O3S/c1-15(2)16(3)29-23(33)21(30-22(32)20-8-5-13-35-20)17-9-11-31(12-10-17)24(34)18-6-4-7-19(14-18)25(26,27)28/h4-8,13-17,21H,9-12H2,1-3H3,(H,29,33)(H,30,32). The number of likely N-dealkylation sites (tertiary alicyclic amines) is 1. The highest BCUT2D eigenvalue weighted by molar-refractivity contribution is 7.12. The molecule has 1 aromatic carbocycles. The van der Waals surface area contributed by atoms with Gasteiger partial charge in [-0.1, -0.05) is 26.0 Å². The lowest BCUT2D eigenvalue weighted by Crippen LogP contribution is -2.55. The van der Waals surface area contributed by atoms with Gasteiger partial charge in [-0.05, 0) is 61.2 Å². The molecular formula is C25H30F3N3O3S. The van der Waals surface area contributed by atoms with Gasteiger partial charge in [-0.15, -0.1) is 11.3 Å². The molecule has 0 aliphatic carbocycles. The van der Waals surface area contributed by atoms with Crippen molar-refractivity contribution in [2.24, 2.45) is 11.8 Å². The van der Waals surface area contributed by atoms with Crippen molar-refractivity contribution in [3.8, 4) is 0 Å². The molecule has 0 saturated carbocycles. The number of rotatable bonds is 7. The third-order valence-electron chi connectivity index (χ3n) is 6.42. The number of halogens is 3. The zero-order chi connectivity index (χ0) is 25.8. The van der Waals surface area contributed by atoms with Crippen LogP contribution < -0.4 is 10.6 Å². The van der Waals surface area contributed by atoms with Crippen molar-refractivity contribution in [2.75, 3.05) is 13.1 Å². The van der Waals surface area contributed by atoms with Gasteiger partial charge in [0.25, 0.3) is 11.8 Å². The van der Waals surface area contributed by atoms with Crippen LogP contribution in [0.25, 0.3) is 0 Å². The van der Waals surface area contributed by atoms with Crippen molar-refractivity contribution < 1.29 is 27.6 Å². The Bertz CT molecular complexity index is 1030. The monoisotopic (exact) mass is 509 g/mol. The molecule has 1 fully saturated rings. The van der Waals surface area contributed by atoms with Crippen LogP contribution in [0.3, 0.4) is 0 Å². The van der Waals surface area contributed by atoms with Crippen LogP contribution in [0.15, 0.2) is 41.8 Å². The minimum absolute atomic E-state index is 0.0238. The van der Waals surface area contributed by atoms with Gasteiger partial charge in [0.05, 0.1) is 10.4 Å². The Hall–Kier alpha value is -2.88. The van der Waals surface area contributed by atoms with Gasteiger partial charge in [-0.2, -0.15) is 13.2 Å². The first-order valence-electron chi connectivity index (χ1n) is 11.6. The van der Waals surface area contributed by atoms with Gasteiger partial charge in [-0.3, -0.25) is 14.4 Å². The minimum Gasteiger partial charge on any atom is -0.352 e. The smallest absolute Gasteiger partial charge is 0.352 e. The quantitative estimate of drug-likeness (QED) is 0.574. The maximum absolute atomic E-state index is 13.1.